The van der Waals surface area contributed by atoms with E-state index in [1.54, 1.807) is 0 Å². The average Bonchev–Trinajstić information content (AvgIpc) is 2.47. The van der Waals surface area contributed by atoms with Crippen molar-refractivity contribution in [2.24, 2.45) is 0 Å². The number of benzene rings is 1. The first-order chi connectivity index (χ1) is 9.66. The lowest BCUT2D eigenvalue weighted by molar-refractivity contribution is 0.0950. The van der Waals surface area contributed by atoms with Gasteiger partial charge in [-0.15, -0.1) is 0 Å². The zero-order chi connectivity index (χ0) is 14.4. The summed E-state index contributed by atoms with van der Waals surface area (Å²) in [6, 6.07) is 5.79. The highest BCUT2D eigenvalue weighted by Gasteiger charge is 2.10. The molecular formula is C15H22BrN3O. The van der Waals surface area contributed by atoms with Crippen molar-refractivity contribution in [1.29, 1.82) is 0 Å². The number of piperazine rings is 1. The number of amides is 1. The summed E-state index contributed by atoms with van der Waals surface area (Å²) in [4.78, 5) is 14.6. The van der Waals surface area contributed by atoms with E-state index in [4.69, 9.17) is 0 Å². The van der Waals surface area contributed by atoms with Gasteiger partial charge in [-0.3, -0.25) is 4.79 Å². The smallest absolute Gasteiger partial charge is 0.251 e. The molecule has 2 rings (SSSR count). The van der Waals surface area contributed by atoms with Crippen molar-refractivity contribution >= 4 is 21.8 Å². The van der Waals surface area contributed by atoms with Crippen molar-refractivity contribution in [2.75, 3.05) is 39.3 Å². The number of hydrogen-bond donors (Lipinski definition) is 2. The Balaban J connectivity index is 1.73. The Bertz CT molecular complexity index is 458. The Hall–Kier alpha value is -0.910. The van der Waals surface area contributed by atoms with Gasteiger partial charge < -0.3 is 15.5 Å². The van der Waals surface area contributed by atoms with Gasteiger partial charge in [0.05, 0.1) is 0 Å². The fourth-order valence-electron chi connectivity index (χ4n) is 2.37. The number of nitrogens with zero attached hydrogens (tertiary/aromatic N) is 1. The summed E-state index contributed by atoms with van der Waals surface area (Å²) in [6.07, 6.45) is 0.999. The Morgan fingerprint density at radius 2 is 2.15 bits per heavy atom. The van der Waals surface area contributed by atoms with Crippen LogP contribution in [0.15, 0.2) is 22.7 Å². The molecule has 1 saturated heterocycles. The molecule has 0 aliphatic carbocycles. The first kappa shape index (κ1) is 15.5. The first-order valence-electron chi connectivity index (χ1n) is 7.14. The summed E-state index contributed by atoms with van der Waals surface area (Å²) in [7, 11) is 0. The third-order valence-corrected chi connectivity index (χ3v) is 4.08. The number of rotatable bonds is 5. The Morgan fingerprint density at radius 3 is 2.90 bits per heavy atom. The summed E-state index contributed by atoms with van der Waals surface area (Å²) in [5.41, 5.74) is 1.76. The summed E-state index contributed by atoms with van der Waals surface area (Å²) in [6.45, 7) is 8.11. The van der Waals surface area contributed by atoms with Gasteiger partial charge in [0.1, 0.15) is 0 Å². The van der Waals surface area contributed by atoms with Gasteiger partial charge in [-0.05, 0) is 37.6 Å². The van der Waals surface area contributed by atoms with Gasteiger partial charge in [0, 0.05) is 42.8 Å². The van der Waals surface area contributed by atoms with Crippen LogP contribution in [0.1, 0.15) is 22.3 Å². The van der Waals surface area contributed by atoms with Crippen molar-refractivity contribution in [3.05, 3.63) is 33.8 Å². The molecule has 2 N–H and O–H groups in total. The van der Waals surface area contributed by atoms with Crippen LogP contribution in [0.4, 0.5) is 0 Å². The molecule has 1 heterocycles. The third kappa shape index (κ3) is 4.58. The zero-order valence-corrected chi connectivity index (χ0v) is 13.5. The number of carbonyl (C=O) groups is 1. The molecule has 20 heavy (non-hydrogen) atoms. The van der Waals surface area contributed by atoms with Crippen LogP contribution >= 0.6 is 15.9 Å². The molecule has 0 radical (unpaired) electrons. The van der Waals surface area contributed by atoms with Gasteiger partial charge in [-0.2, -0.15) is 0 Å². The highest BCUT2D eigenvalue weighted by atomic mass is 79.9. The monoisotopic (exact) mass is 339 g/mol. The summed E-state index contributed by atoms with van der Waals surface area (Å²) in [5, 5.41) is 6.35. The van der Waals surface area contributed by atoms with E-state index in [9.17, 15) is 4.79 Å². The van der Waals surface area contributed by atoms with E-state index in [0.29, 0.717) is 0 Å². The summed E-state index contributed by atoms with van der Waals surface area (Å²) in [5.74, 6) is 0.0177. The van der Waals surface area contributed by atoms with Gasteiger partial charge >= 0.3 is 0 Å². The van der Waals surface area contributed by atoms with Crippen molar-refractivity contribution in [3.63, 3.8) is 0 Å². The van der Waals surface area contributed by atoms with E-state index in [1.165, 1.54) is 0 Å². The molecule has 0 aromatic heterocycles. The van der Waals surface area contributed by atoms with Crippen molar-refractivity contribution in [3.8, 4) is 0 Å². The molecule has 0 atom stereocenters. The molecule has 1 aromatic rings. The maximum atomic E-state index is 12.1. The molecule has 1 aliphatic rings. The summed E-state index contributed by atoms with van der Waals surface area (Å²) >= 11 is 3.41. The van der Waals surface area contributed by atoms with Crippen LogP contribution in [0.5, 0.6) is 0 Å². The number of nitrogens with one attached hydrogen (secondary N) is 2. The van der Waals surface area contributed by atoms with Gasteiger partial charge in [0.25, 0.3) is 5.91 Å². The largest absolute Gasteiger partial charge is 0.352 e. The van der Waals surface area contributed by atoms with Crippen molar-refractivity contribution in [1.82, 2.24) is 15.5 Å². The maximum absolute atomic E-state index is 12.1. The van der Waals surface area contributed by atoms with Crippen LogP contribution in [-0.2, 0) is 0 Å². The lowest BCUT2D eigenvalue weighted by atomic mass is 10.1. The van der Waals surface area contributed by atoms with Crippen LogP contribution in [0.3, 0.4) is 0 Å². The van der Waals surface area contributed by atoms with Crippen molar-refractivity contribution < 1.29 is 4.79 Å². The minimum absolute atomic E-state index is 0.0177. The lowest BCUT2D eigenvalue weighted by Crippen LogP contribution is -2.44. The van der Waals surface area contributed by atoms with Crippen LogP contribution in [0.25, 0.3) is 0 Å². The summed E-state index contributed by atoms with van der Waals surface area (Å²) < 4.78 is 0.939. The molecule has 1 amide bonds. The number of carbonyl (C=O) groups excluding carboxylic acids is 1. The predicted octanol–water partition coefficient (Wildman–Crippen LogP) is 1.78. The quantitative estimate of drug-likeness (QED) is 0.804. The Labute approximate surface area is 129 Å². The zero-order valence-electron chi connectivity index (χ0n) is 11.9. The molecule has 110 valence electrons. The molecule has 0 saturated carbocycles. The molecule has 1 aliphatic heterocycles. The molecule has 5 heteroatoms. The lowest BCUT2D eigenvalue weighted by Gasteiger charge is -2.27. The molecule has 0 bridgehead atoms. The highest BCUT2D eigenvalue weighted by Crippen LogP contribution is 2.15. The fraction of sp³-hybridized carbons (Fsp3) is 0.533. The van der Waals surface area contributed by atoms with E-state index >= 15 is 0 Å². The Morgan fingerprint density at radius 1 is 1.40 bits per heavy atom. The standard InChI is InChI=1S/C15H22BrN3O/c1-12-3-4-13(16)11-14(12)15(20)18-5-2-8-19-9-6-17-7-10-19/h3-4,11,17H,2,5-10H2,1H3,(H,18,20). The average molecular weight is 340 g/mol. The molecular weight excluding hydrogens is 318 g/mol. The SMILES string of the molecule is Cc1ccc(Br)cc1C(=O)NCCCN1CCNCC1. The second kappa shape index (κ2) is 7.76. The molecule has 0 unspecified atom stereocenters. The van der Waals surface area contributed by atoms with E-state index in [1.807, 2.05) is 25.1 Å². The number of hydrogen-bond acceptors (Lipinski definition) is 3. The van der Waals surface area contributed by atoms with Crippen molar-refractivity contribution in [2.45, 2.75) is 13.3 Å². The number of aryl methyl sites for hydroxylation is 1. The second-order valence-corrected chi connectivity index (χ2v) is 6.08. The van der Waals surface area contributed by atoms with Gasteiger partial charge in [0.15, 0.2) is 0 Å². The topological polar surface area (TPSA) is 44.4 Å². The van der Waals surface area contributed by atoms with Gasteiger partial charge in [-0.25, -0.2) is 0 Å². The first-order valence-corrected chi connectivity index (χ1v) is 7.93. The minimum atomic E-state index is 0.0177. The highest BCUT2D eigenvalue weighted by molar-refractivity contribution is 9.10. The second-order valence-electron chi connectivity index (χ2n) is 5.16. The molecule has 4 nitrogen and oxygen atoms in total. The minimum Gasteiger partial charge on any atom is -0.352 e. The molecule has 0 spiro atoms. The third-order valence-electron chi connectivity index (χ3n) is 3.59. The maximum Gasteiger partial charge on any atom is 0.251 e. The van der Waals surface area contributed by atoms with Gasteiger partial charge in [0.2, 0.25) is 0 Å². The fourth-order valence-corrected chi connectivity index (χ4v) is 2.73. The number of halogens is 1. The predicted molar refractivity (Wildman–Crippen MR) is 85.1 cm³/mol. The molecule has 1 fully saturated rings. The van der Waals surface area contributed by atoms with E-state index in [0.717, 1.165) is 61.3 Å². The van der Waals surface area contributed by atoms with Crippen LogP contribution < -0.4 is 10.6 Å². The van der Waals surface area contributed by atoms with E-state index in [-0.39, 0.29) is 5.91 Å². The van der Waals surface area contributed by atoms with E-state index < -0.39 is 0 Å². The molecule has 1 aromatic carbocycles. The van der Waals surface area contributed by atoms with Crippen LogP contribution in [0.2, 0.25) is 0 Å². The normalized spacial score (nSPS) is 16.1. The van der Waals surface area contributed by atoms with Crippen LogP contribution in [-0.4, -0.2) is 50.1 Å². The van der Waals surface area contributed by atoms with Gasteiger partial charge in [-0.1, -0.05) is 22.0 Å². The Kier molecular flexibility index (Phi) is 6.01. The van der Waals surface area contributed by atoms with Crippen LogP contribution in [0, 0.1) is 6.92 Å². The van der Waals surface area contributed by atoms with E-state index in [2.05, 4.69) is 31.5 Å².